The molecule has 10 nitrogen and oxygen atoms in total. The van der Waals surface area contributed by atoms with Gasteiger partial charge in [0.15, 0.2) is 0 Å². The first-order valence-electron chi connectivity index (χ1n) is 14.1. The van der Waals surface area contributed by atoms with E-state index in [-0.39, 0.29) is 35.3 Å². The summed E-state index contributed by atoms with van der Waals surface area (Å²) in [5, 5.41) is 12.5. The van der Waals surface area contributed by atoms with Crippen LogP contribution in [0.4, 0.5) is 30.4 Å². The van der Waals surface area contributed by atoms with Crippen LogP contribution in [-0.4, -0.2) is 97.7 Å². The zero-order valence-corrected chi connectivity index (χ0v) is 24.2. The molecule has 0 aliphatic carbocycles. The van der Waals surface area contributed by atoms with Crippen molar-refractivity contribution >= 4 is 29.0 Å². The van der Waals surface area contributed by atoms with Gasteiger partial charge in [0.1, 0.15) is 29.1 Å². The summed E-state index contributed by atoms with van der Waals surface area (Å²) in [6, 6.07) is 9.06. The Balaban J connectivity index is 1.34. The molecular weight excluding hydrogens is 563 g/mol. The SMILES string of the molecule is C=CC(=O)N1CC2(CN(CCN3CC[C@H](Nc4nc(C)cc(C(F)(F)F)c4C#N)C(=O)N(C)c4ccccc43)CCO2)C1. The molecule has 13 heteroatoms. The highest BCUT2D eigenvalue weighted by Crippen LogP contribution is 2.36. The molecule has 1 aromatic heterocycles. The van der Waals surface area contributed by atoms with Crippen LogP contribution >= 0.6 is 0 Å². The van der Waals surface area contributed by atoms with E-state index in [9.17, 15) is 28.0 Å². The van der Waals surface area contributed by atoms with Crippen molar-refractivity contribution in [3.05, 3.63) is 59.8 Å². The summed E-state index contributed by atoms with van der Waals surface area (Å²) < 4.78 is 47.2. The number of morpholine rings is 1. The first-order chi connectivity index (χ1) is 20.4. The molecule has 0 unspecified atom stereocenters. The lowest BCUT2D eigenvalue weighted by Crippen LogP contribution is -2.71. The standard InChI is InChI=1S/C30H34F3N7O3/c1-4-26(41)40-18-29(19-40)17-38(13-14-43-29)11-12-39-10-9-23(28(42)37(3)24-7-5-6-8-25(24)39)36-27-21(16-34)22(30(31,32)33)15-20(2)35-27/h4-8,15,23H,1,9-14,17-19H2,2-3H3,(H,35,36)/t23-/m0/s1. The number of nitriles is 1. The van der Waals surface area contributed by atoms with Crippen molar-refractivity contribution in [3.8, 4) is 6.07 Å². The number of pyridine rings is 1. The number of hydrogen-bond acceptors (Lipinski definition) is 8. The Morgan fingerprint density at radius 2 is 1.95 bits per heavy atom. The molecule has 228 valence electrons. The monoisotopic (exact) mass is 597 g/mol. The van der Waals surface area contributed by atoms with Gasteiger partial charge in [-0.1, -0.05) is 18.7 Å². The highest BCUT2D eigenvalue weighted by atomic mass is 19.4. The second-order valence-electron chi connectivity index (χ2n) is 11.2. The highest BCUT2D eigenvalue weighted by molar-refractivity contribution is 6.01. The fourth-order valence-corrected chi connectivity index (χ4v) is 6.04. The molecule has 43 heavy (non-hydrogen) atoms. The van der Waals surface area contributed by atoms with Gasteiger partial charge in [-0.2, -0.15) is 18.4 Å². The number of fused-ring (bicyclic) bond motifs is 1. The molecule has 3 aliphatic heterocycles. The Morgan fingerprint density at radius 1 is 1.23 bits per heavy atom. The van der Waals surface area contributed by atoms with E-state index in [1.165, 1.54) is 17.9 Å². The van der Waals surface area contributed by atoms with Gasteiger partial charge in [0.2, 0.25) is 11.8 Å². The van der Waals surface area contributed by atoms with Crippen molar-refractivity contribution in [1.29, 1.82) is 5.26 Å². The number of amides is 2. The van der Waals surface area contributed by atoms with Crippen LogP contribution in [0.5, 0.6) is 0 Å². The minimum Gasteiger partial charge on any atom is -0.369 e. The van der Waals surface area contributed by atoms with E-state index in [2.05, 4.69) is 26.7 Å². The predicted molar refractivity (Wildman–Crippen MR) is 155 cm³/mol. The number of likely N-dealkylation sites (tertiary alicyclic amines) is 1. The number of halogens is 3. The molecule has 4 heterocycles. The molecule has 1 atom stereocenters. The number of aromatic nitrogens is 1. The summed E-state index contributed by atoms with van der Waals surface area (Å²) in [5.74, 6) is -0.709. The number of likely N-dealkylation sites (N-methyl/N-ethyl adjacent to an activating group) is 1. The summed E-state index contributed by atoms with van der Waals surface area (Å²) in [6.45, 7) is 9.76. The summed E-state index contributed by atoms with van der Waals surface area (Å²) in [5.41, 5.74) is -0.491. The third kappa shape index (κ3) is 6.16. The molecule has 2 aromatic rings. The van der Waals surface area contributed by atoms with Crippen molar-refractivity contribution in [2.24, 2.45) is 0 Å². The zero-order valence-electron chi connectivity index (χ0n) is 24.2. The predicted octanol–water partition coefficient (Wildman–Crippen LogP) is 3.03. The van der Waals surface area contributed by atoms with Gasteiger partial charge < -0.3 is 24.8 Å². The largest absolute Gasteiger partial charge is 0.417 e. The Bertz CT molecular complexity index is 1450. The van der Waals surface area contributed by atoms with Gasteiger partial charge in [-0.25, -0.2) is 4.98 Å². The van der Waals surface area contributed by atoms with Crippen LogP contribution in [0.15, 0.2) is 43.0 Å². The molecule has 2 saturated heterocycles. The van der Waals surface area contributed by atoms with E-state index in [1.807, 2.05) is 24.3 Å². The Morgan fingerprint density at radius 3 is 2.63 bits per heavy atom. The molecule has 2 fully saturated rings. The van der Waals surface area contributed by atoms with E-state index in [0.717, 1.165) is 18.3 Å². The van der Waals surface area contributed by atoms with Crippen molar-refractivity contribution in [2.45, 2.75) is 31.2 Å². The number of ether oxygens (including phenoxy) is 1. The maximum atomic E-state index is 13.7. The third-order valence-electron chi connectivity index (χ3n) is 8.23. The van der Waals surface area contributed by atoms with Gasteiger partial charge in [-0.05, 0) is 37.6 Å². The highest BCUT2D eigenvalue weighted by Gasteiger charge is 2.48. The van der Waals surface area contributed by atoms with Crippen molar-refractivity contribution in [1.82, 2.24) is 14.8 Å². The van der Waals surface area contributed by atoms with Crippen LogP contribution in [0.1, 0.15) is 23.2 Å². The molecule has 2 amide bonds. The number of nitrogens with zero attached hydrogens (tertiary/aromatic N) is 6. The number of carbonyl (C=O) groups is 2. The summed E-state index contributed by atoms with van der Waals surface area (Å²) in [6.07, 6.45) is -3.17. The molecule has 5 rings (SSSR count). The smallest absolute Gasteiger partial charge is 0.369 e. The number of anilines is 3. The number of para-hydroxylation sites is 2. The topological polar surface area (TPSA) is 105 Å². The molecule has 0 radical (unpaired) electrons. The lowest BCUT2D eigenvalue weighted by molar-refractivity contribution is -0.188. The average molecular weight is 598 g/mol. The summed E-state index contributed by atoms with van der Waals surface area (Å²) in [7, 11) is 1.63. The minimum atomic E-state index is -4.75. The fraction of sp³-hybridized carbons (Fsp3) is 0.467. The number of nitrogens with one attached hydrogen (secondary N) is 1. The van der Waals surface area contributed by atoms with Crippen molar-refractivity contribution in [2.75, 3.05) is 74.6 Å². The molecule has 3 aliphatic rings. The third-order valence-corrected chi connectivity index (χ3v) is 8.23. The van der Waals surface area contributed by atoms with Gasteiger partial charge in [0.25, 0.3) is 0 Å². The van der Waals surface area contributed by atoms with Gasteiger partial charge in [-0.15, -0.1) is 0 Å². The fourth-order valence-electron chi connectivity index (χ4n) is 6.04. The second kappa shape index (κ2) is 11.9. The van der Waals surface area contributed by atoms with Gasteiger partial charge in [-0.3, -0.25) is 14.5 Å². The maximum Gasteiger partial charge on any atom is 0.417 e. The van der Waals surface area contributed by atoms with E-state index in [4.69, 9.17) is 4.74 Å². The van der Waals surface area contributed by atoms with E-state index in [0.29, 0.717) is 51.6 Å². The number of alkyl halides is 3. The van der Waals surface area contributed by atoms with Crippen LogP contribution in [-0.2, 0) is 20.5 Å². The van der Waals surface area contributed by atoms with Crippen LogP contribution in [0.2, 0.25) is 0 Å². The lowest BCUT2D eigenvalue weighted by atomic mass is 9.91. The number of hydrogen-bond donors (Lipinski definition) is 1. The van der Waals surface area contributed by atoms with E-state index in [1.54, 1.807) is 18.0 Å². The molecule has 1 N–H and O–H groups in total. The van der Waals surface area contributed by atoms with Crippen molar-refractivity contribution < 1.29 is 27.5 Å². The van der Waals surface area contributed by atoms with Crippen LogP contribution in [0, 0.1) is 18.3 Å². The number of carbonyl (C=O) groups excluding carboxylic acids is 2. The average Bonchev–Trinajstić information content (AvgIpc) is 2.97. The Hall–Kier alpha value is -4.15. The van der Waals surface area contributed by atoms with Crippen LogP contribution in [0.3, 0.4) is 0 Å². The summed E-state index contributed by atoms with van der Waals surface area (Å²) in [4.78, 5) is 37.4. The Labute approximate surface area is 248 Å². The molecule has 0 saturated carbocycles. The van der Waals surface area contributed by atoms with Gasteiger partial charge >= 0.3 is 6.18 Å². The van der Waals surface area contributed by atoms with E-state index < -0.39 is 23.3 Å². The molecule has 1 aromatic carbocycles. The molecule has 0 bridgehead atoms. The first kappa shape index (κ1) is 30.3. The number of aryl methyl sites for hydroxylation is 1. The first-order valence-corrected chi connectivity index (χ1v) is 14.1. The normalized spacial score (nSPS) is 20.5. The second-order valence-corrected chi connectivity index (χ2v) is 11.2. The molecule has 1 spiro atoms. The van der Waals surface area contributed by atoms with Crippen molar-refractivity contribution in [3.63, 3.8) is 0 Å². The van der Waals surface area contributed by atoms with E-state index >= 15 is 0 Å². The van der Waals surface area contributed by atoms with Crippen LogP contribution in [0.25, 0.3) is 0 Å². The maximum absolute atomic E-state index is 13.7. The quantitative estimate of drug-likeness (QED) is 0.507. The summed E-state index contributed by atoms with van der Waals surface area (Å²) >= 11 is 0. The number of rotatable bonds is 6. The van der Waals surface area contributed by atoms with Crippen LogP contribution < -0.4 is 15.1 Å². The Kier molecular flexibility index (Phi) is 8.36. The van der Waals surface area contributed by atoms with Gasteiger partial charge in [0.05, 0.1) is 36.6 Å². The minimum absolute atomic E-state index is 0.0826. The zero-order chi connectivity index (χ0) is 30.9. The number of benzene rings is 1. The van der Waals surface area contributed by atoms with Gasteiger partial charge in [0, 0.05) is 45.5 Å². The lowest BCUT2D eigenvalue weighted by Gasteiger charge is -2.53. The molecular formula is C30H34F3N7O3.